The van der Waals surface area contributed by atoms with E-state index in [2.05, 4.69) is 17.6 Å². The molecule has 22 heavy (non-hydrogen) atoms. The van der Waals surface area contributed by atoms with Crippen molar-refractivity contribution in [1.82, 2.24) is 0 Å². The molecule has 2 rings (SSSR count). The van der Waals surface area contributed by atoms with Crippen molar-refractivity contribution >= 4 is 29.2 Å². The standard InChI is InChI=1S/C16H23FN2O2S/c1-10-12(7-8-22-10)18-14-9-11(17)5-6-13(14)19-15(20)21-16(2,3)4/h5-6,9-10,12,18H,7-8H2,1-4H3,(H,19,20). The van der Waals surface area contributed by atoms with Crippen molar-refractivity contribution in [3.63, 3.8) is 0 Å². The second-order valence-corrected chi connectivity index (χ2v) is 7.92. The molecule has 122 valence electrons. The fraction of sp³-hybridized carbons (Fsp3) is 0.562. The van der Waals surface area contributed by atoms with Gasteiger partial charge in [-0.2, -0.15) is 11.8 Å². The molecule has 1 amide bonds. The molecule has 0 saturated carbocycles. The second-order valence-electron chi connectivity index (χ2n) is 6.43. The van der Waals surface area contributed by atoms with Gasteiger partial charge in [-0.15, -0.1) is 0 Å². The SMILES string of the molecule is CC1SCCC1Nc1cc(F)ccc1NC(=O)OC(C)(C)C. The van der Waals surface area contributed by atoms with Crippen molar-refractivity contribution in [3.05, 3.63) is 24.0 Å². The van der Waals surface area contributed by atoms with Crippen LogP contribution in [0.2, 0.25) is 0 Å². The first kappa shape index (κ1) is 16.9. The average molecular weight is 326 g/mol. The van der Waals surface area contributed by atoms with Gasteiger partial charge in [0.25, 0.3) is 0 Å². The van der Waals surface area contributed by atoms with Crippen molar-refractivity contribution in [2.24, 2.45) is 0 Å². The van der Waals surface area contributed by atoms with E-state index in [1.807, 2.05) is 11.8 Å². The maximum absolute atomic E-state index is 13.5. The maximum atomic E-state index is 13.5. The Labute approximate surface area is 135 Å². The minimum absolute atomic E-state index is 0.269. The Morgan fingerprint density at radius 2 is 2.09 bits per heavy atom. The number of nitrogens with one attached hydrogen (secondary N) is 2. The van der Waals surface area contributed by atoms with Crippen LogP contribution < -0.4 is 10.6 Å². The van der Waals surface area contributed by atoms with Crippen molar-refractivity contribution < 1.29 is 13.9 Å². The Morgan fingerprint density at radius 1 is 1.36 bits per heavy atom. The third-order valence-electron chi connectivity index (χ3n) is 3.33. The molecule has 1 aromatic carbocycles. The summed E-state index contributed by atoms with van der Waals surface area (Å²) in [6.07, 6.45) is 0.477. The fourth-order valence-electron chi connectivity index (χ4n) is 2.28. The summed E-state index contributed by atoms with van der Waals surface area (Å²) >= 11 is 1.89. The van der Waals surface area contributed by atoms with Crippen molar-refractivity contribution in [1.29, 1.82) is 0 Å². The van der Waals surface area contributed by atoms with Crippen LogP contribution in [-0.2, 0) is 4.74 Å². The summed E-state index contributed by atoms with van der Waals surface area (Å²) in [5, 5.41) is 6.48. The first-order chi connectivity index (χ1) is 10.2. The fourth-order valence-corrected chi connectivity index (χ4v) is 3.48. The molecule has 1 aromatic rings. The molecular formula is C16H23FN2O2S. The molecule has 2 atom stereocenters. The van der Waals surface area contributed by atoms with Gasteiger partial charge in [-0.3, -0.25) is 5.32 Å². The van der Waals surface area contributed by atoms with E-state index in [1.54, 1.807) is 26.8 Å². The number of rotatable bonds is 3. The first-order valence-electron chi connectivity index (χ1n) is 7.42. The molecule has 1 aliphatic rings. The van der Waals surface area contributed by atoms with E-state index in [0.29, 0.717) is 16.6 Å². The third kappa shape index (κ3) is 4.80. The van der Waals surface area contributed by atoms with Crippen molar-refractivity contribution in [2.75, 3.05) is 16.4 Å². The lowest BCUT2D eigenvalue weighted by Gasteiger charge is -2.23. The largest absolute Gasteiger partial charge is 0.444 e. The Kier molecular flexibility index (Phi) is 5.21. The van der Waals surface area contributed by atoms with E-state index in [9.17, 15) is 9.18 Å². The van der Waals surface area contributed by atoms with Crippen LogP contribution in [0.5, 0.6) is 0 Å². The molecule has 0 aliphatic carbocycles. The zero-order valence-electron chi connectivity index (χ0n) is 13.4. The Balaban J connectivity index is 2.12. The Morgan fingerprint density at radius 3 is 2.68 bits per heavy atom. The van der Waals surface area contributed by atoms with E-state index in [1.165, 1.54) is 12.1 Å². The highest BCUT2D eigenvalue weighted by molar-refractivity contribution is 8.00. The molecule has 2 unspecified atom stereocenters. The number of amides is 1. The van der Waals surface area contributed by atoms with E-state index in [4.69, 9.17) is 4.74 Å². The van der Waals surface area contributed by atoms with Gasteiger partial charge in [-0.05, 0) is 51.1 Å². The lowest BCUT2D eigenvalue weighted by atomic mass is 10.1. The van der Waals surface area contributed by atoms with E-state index >= 15 is 0 Å². The van der Waals surface area contributed by atoms with Crippen LogP contribution in [0.4, 0.5) is 20.6 Å². The number of anilines is 2. The van der Waals surface area contributed by atoms with E-state index in [-0.39, 0.29) is 11.9 Å². The number of thioether (sulfide) groups is 1. The third-order valence-corrected chi connectivity index (χ3v) is 4.66. The summed E-state index contributed by atoms with van der Waals surface area (Å²) in [5.74, 6) is 0.749. The Bertz CT molecular complexity index is 545. The summed E-state index contributed by atoms with van der Waals surface area (Å²) in [5.41, 5.74) is 0.541. The monoisotopic (exact) mass is 326 g/mol. The molecule has 0 radical (unpaired) electrons. The lowest BCUT2D eigenvalue weighted by Crippen LogP contribution is -2.28. The van der Waals surface area contributed by atoms with Crippen LogP contribution in [0, 0.1) is 5.82 Å². The van der Waals surface area contributed by atoms with Crippen LogP contribution in [0.1, 0.15) is 34.1 Å². The molecule has 1 aliphatic heterocycles. The molecule has 1 heterocycles. The minimum atomic E-state index is -0.575. The molecule has 0 bridgehead atoms. The van der Waals surface area contributed by atoms with Gasteiger partial charge in [0.05, 0.1) is 11.4 Å². The average Bonchev–Trinajstić information content (AvgIpc) is 2.76. The normalized spacial score (nSPS) is 21.5. The summed E-state index contributed by atoms with van der Waals surface area (Å²) in [4.78, 5) is 11.9. The minimum Gasteiger partial charge on any atom is -0.444 e. The Hall–Kier alpha value is -1.43. The van der Waals surface area contributed by atoms with Crippen molar-refractivity contribution in [2.45, 2.75) is 51.0 Å². The number of hydrogen-bond donors (Lipinski definition) is 2. The lowest BCUT2D eigenvalue weighted by molar-refractivity contribution is 0.0636. The van der Waals surface area contributed by atoms with Gasteiger partial charge in [-0.1, -0.05) is 6.92 Å². The van der Waals surface area contributed by atoms with Crippen LogP contribution in [0.15, 0.2) is 18.2 Å². The van der Waals surface area contributed by atoms with Crippen LogP contribution >= 0.6 is 11.8 Å². The molecule has 1 fully saturated rings. The van der Waals surface area contributed by atoms with Gasteiger partial charge >= 0.3 is 6.09 Å². The highest BCUT2D eigenvalue weighted by atomic mass is 32.2. The predicted octanol–water partition coefficient (Wildman–Crippen LogP) is 4.48. The summed E-state index contributed by atoms with van der Waals surface area (Å²) in [7, 11) is 0. The zero-order chi connectivity index (χ0) is 16.3. The highest BCUT2D eigenvalue weighted by Gasteiger charge is 2.25. The van der Waals surface area contributed by atoms with Gasteiger partial charge in [-0.25, -0.2) is 9.18 Å². The smallest absolute Gasteiger partial charge is 0.412 e. The van der Waals surface area contributed by atoms with Gasteiger partial charge in [0, 0.05) is 11.3 Å². The predicted molar refractivity (Wildman–Crippen MR) is 90.2 cm³/mol. The van der Waals surface area contributed by atoms with Gasteiger partial charge in [0.2, 0.25) is 0 Å². The molecule has 0 spiro atoms. The number of hydrogen-bond acceptors (Lipinski definition) is 4. The topological polar surface area (TPSA) is 50.4 Å². The molecular weight excluding hydrogens is 303 g/mol. The molecule has 4 nitrogen and oxygen atoms in total. The van der Waals surface area contributed by atoms with Crippen molar-refractivity contribution in [3.8, 4) is 0 Å². The highest BCUT2D eigenvalue weighted by Crippen LogP contribution is 2.32. The van der Waals surface area contributed by atoms with E-state index in [0.717, 1.165) is 12.2 Å². The summed E-state index contributed by atoms with van der Waals surface area (Å²) in [6, 6.07) is 4.55. The summed E-state index contributed by atoms with van der Waals surface area (Å²) < 4.78 is 18.8. The van der Waals surface area contributed by atoms with Crippen LogP contribution in [-0.4, -0.2) is 28.7 Å². The van der Waals surface area contributed by atoms with Crippen LogP contribution in [0.25, 0.3) is 0 Å². The first-order valence-corrected chi connectivity index (χ1v) is 8.47. The number of carbonyl (C=O) groups excluding carboxylic acids is 1. The van der Waals surface area contributed by atoms with E-state index < -0.39 is 11.7 Å². The van der Waals surface area contributed by atoms with Gasteiger partial charge < -0.3 is 10.1 Å². The number of carbonyl (C=O) groups is 1. The van der Waals surface area contributed by atoms with Gasteiger partial charge in [0.1, 0.15) is 11.4 Å². The van der Waals surface area contributed by atoms with Gasteiger partial charge in [0.15, 0.2) is 0 Å². The molecule has 1 saturated heterocycles. The molecule has 6 heteroatoms. The molecule has 2 N–H and O–H groups in total. The number of halogens is 1. The summed E-state index contributed by atoms with van der Waals surface area (Å²) in [6.45, 7) is 7.55. The zero-order valence-corrected chi connectivity index (χ0v) is 14.2. The quantitative estimate of drug-likeness (QED) is 0.860. The molecule has 0 aromatic heterocycles. The number of benzene rings is 1. The second kappa shape index (κ2) is 6.77. The van der Waals surface area contributed by atoms with Crippen LogP contribution in [0.3, 0.4) is 0 Å². The maximum Gasteiger partial charge on any atom is 0.412 e. The number of ether oxygens (including phenoxy) is 1.